The van der Waals surface area contributed by atoms with Gasteiger partial charge in [0, 0.05) is 30.7 Å². The molecule has 7 heteroatoms. The van der Waals surface area contributed by atoms with E-state index in [1.807, 2.05) is 51.7 Å². The lowest BCUT2D eigenvalue weighted by atomic mass is 9.80. The Morgan fingerprint density at radius 2 is 1.67 bits per heavy atom. The van der Waals surface area contributed by atoms with E-state index in [0.29, 0.717) is 18.1 Å². The van der Waals surface area contributed by atoms with Crippen molar-refractivity contribution >= 4 is 18.3 Å². The second-order valence-corrected chi connectivity index (χ2v) is 9.77. The minimum Gasteiger partial charge on any atom is -0.490 e. The lowest BCUT2D eigenvalue weighted by Gasteiger charge is -2.43. The van der Waals surface area contributed by atoms with E-state index in [0.717, 1.165) is 18.7 Å². The van der Waals surface area contributed by atoms with E-state index in [4.69, 9.17) is 9.47 Å². The Bertz CT molecular complexity index is 711. The summed E-state index contributed by atoms with van der Waals surface area (Å²) in [6.45, 7) is 12.4. The average Bonchev–Trinajstić information content (AvgIpc) is 2.73. The molecule has 1 aromatic rings. The Hall–Kier alpha value is -1.50. The van der Waals surface area contributed by atoms with Gasteiger partial charge in [-0.25, -0.2) is 0 Å². The summed E-state index contributed by atoms with van der Waals surface area (Å²) in [5, 5.41) is 3.67. The van der Waals surface area contributed by atoms with Gasteiger partial charge in [0.25, 0.3) is 5.91 Å². The monoisotopic (exact) mass is 483 g/mol. The van der Waals surface area contributed by atoms with Crippen molar-refractivity contribution in [2.45, 2.75) is 90.9 Å². The Morgan fingerprint density at radius 3 is 2.21 bits per heavy atom. The second kappa shape index (κ2) is 14.0. The molecule has 1 saturated carbocycles. The van der Waals surface area contributed by atoms with Crippen molar-refractivity contribution in [3.05, 3.63) is 23.8 Å². The summed E-state index contributed by atoms with van der Waals surface area (Å²) in [5.41, 5.74) is 1.41. The summed E-state index contributed by atoms with van der Waals surface area (Å²) in [7, 11) is 4.40. The summed E-state index contributed by atoms with van der Waals surface area (Å²) in [6, 6.07) is 6.29. The van der Waals surface area contributed by atoms with Gasteiger partial charge in [-0.15, -0.1) is 12.4 Å². The van der Waals surface area contributed by atoms with Crippen LogP contribution in [0.3, 0.4) is 0 Å². The van der Waals surface area contributed by atoms with Crippen molar-refractivity contribution in [1.29, 1.82) is 0 Å². The van der Waals surface area contributed by atoms with Gasteiger partial charge in [-0.2, -0.15) is 0 Å². The van der Waals surface area contributed by atoms with Crippen LogP contribution in [0.4, 0.5) is 0 Å². The van der Waals surface area contributed by atoms with E-state index in [1.165, 1.54) is 32.1 Å². The maximum absolute atomic E-state index is 12.7. The van der Waals surface area contributed by atoms with Crippen molar-refractivity contribution in [2.24, 2.45) is 0 Å². The highest BCUT2D eigenvalue weighted by atomic mass is 35.5. The fraction of sp³-hybridized carbons (Fsp3) is 0.731. The molecule has 2 rings (SSSR count). The molecule has 0 unspecified atom stereocenters. The Balaban J connectivity index is 0.00000544. The number of nitrogens with zero attached hydrogens (tertiary/aromatic N) is 2. The van der Waals surface area contributed by atoms with Gasteiger partial charge < -0.3 is 24.6 Å². The van der Waals surface area contributed by atoms with E-state index in [2.05, 4.69) is 30.4 Å². The second-order valence-electron chi connectivity index (χ2n) is 9.77. The maximum Gasteiger partial charge on any atom is 0.260 e. The number of halogens is 1. The normalized spacial score (nSPS) is 15.5. The lowest BCUT2D eigenvalue weighted by Crippen LogP contribution is -2.52. The zero-order valence-corrected chi connectivity index (χ0v) is 22.6. The van der Waals surface area contributed by atoms with Crippen molar-refractivity contribution < 1.29 is 14.3 Å². The molecule has 0 aromatic heterocycles. The van der Waals surface area contributed by atoms with Crippen molar-refractivity contribution in [3.63, 3.8) is 0 Å². The molecule has 190 valence electrons. The highest BCUT2D eigenvalue weighted by molar-refractivity contribution is 5.85. The predicted molar refractivity (Wildman–Crippen MR) is 139 cm³/mol. The van der Waals surface area contributed by atoms with Crippen LogP contribution in [0.25, 0.3) is 0 Å². The number of benzene rings is 1. The first-order valence-electron chi connectivity index (χ1n) is 12.3. The average molecular weight is 484 g/mol. The van der Waals surface area contributed by atoms with Gasteiger partial charge in [-0.3, -0.25) is 4.79 Å². The number of ether oxygens (including phenoxy) is 2. The predicted octanol–water partition coefficient (Wildman–Crippen LogP) is 4.89. The summed E-state index contributed by atoms with van der Waals surface area (Å²) in [6.07, 6.45) is 6.47. The van der Waals surface area contributed by atoms with E-state index in [-0.39, 0.29) is 42.5 Å². The first-order valence-corrected chi connectivity index (χ1v) is 12.3. The van der Waals surface area contributed by atoms with Crippen LogP contribution < -0.4 is 14.8 Å². The molecule has 1 amide bonds. The van der Waals surface area contributed by atoms with E-state index in [9.17, 15) is 4.79 Å². The SMILES string of the molecule is CCOc1cc(CNCC2(N(C)C)CCCCC2)ccc1OCC(=O)N(C(C)C)C(C)C.Cl. The number of nitrogens with one attached hydrogen (secondary N) is 1. The van der Waals surface area contributed by atoms with Gasteiger partial charge in [0.05, 0.1) is 6.61 Å². The van der Waals surface area contributed by atoms with Gasteiger partial charge in [0.2, 0.25) is 0 Å². The largest absolute Gasteiger partial charge is 0.490 e. The quantitative estimate of drug-likeness (QED) is 0.459. The van der Waals surface area contributed by atoms with Crippen LogP contribution in [0.15, 0.2) is 18.2 Å². The molecule has 0 bridgehead atoms. The molecule has 0 heterocycles. The number of carbonyl (C=O) groups is 1. The van der Waals surface area contributed by atoms with Crippen LogP contribution in [-0.4, -0.2) is 67.2 Å². The van der Waals surface area contributed by atoms with E-state index < -0.39 is 0 Å². The number of hydrogen-bond donors (Lipinski definition) is 1. The molecular weight excluding hydrogens is 438 g/mol. The Labute approximate surface area is 207 Å². The van der Waals surface area contributed by atoms with Crippen molar-refractivity contribution in [2.75, 3.05) is 33.9 Å². The van der Waals surface area contributed by atoms with Crippen LogP contribution in [0.1, 0.15) is 72.3 Å². The van der Waals surface area contributed by atoms with Gasteiger partial charge in [0.1, 0.15) is 0 Å². The molecule has 1 aliphatic carbocycles. The molecule has 1 N–H and O–H groups in total. The molecule has 0 saturated heterocycles. The van der Waals surface area contributed by atoms with Crippen LogP contribution >= 0.6 is 12.4 Å². The number of hydrogen-bond acceptors (Lipinski definition) is 5. The van der Waals surface area contributed by atoms with Crippen LogP contribution in [-0.2, 0) is 11.3 Å². The minimum atomic E-state index is -0.00958. The molecule has 1 fully saturated rings. The first kappa shape index (κ1) is 29.5. The minimum absolute atomic E-state index is 0. The molecule has 6 nitrogen and oxygen atoms in total. The van der Waals surface area contributed by atoms with Crippen molar-refractivity contribution in [3.8, 4) is 11.5 Å². The third-order valence-corrected chi connectivity index (χ3v) is 6.58. The molecule has 0 spiro atoms. The maximum atomic E-state index is 12.7. The summed E-state index contributed by atoms with van der Waals surface area (Å²) >= 11 is 0. The third-order valence-electron chi connectivity index (χ3n) is 6.58. The standard InChI is InChI=1S/C26H45N3O3.ClH/c1-8-31-24-16-22(17-27-19-26(28(6)7)14-10-9-11-15-26)12-13-23(24)32-18-25(30)29(20(2)3)21(4)5;/h12-13,16,20-21,27H,8-11,14-15,17-19H2,1-7H3;1H. The Kier molecular flexibility index (Phi) is 12.6. The zero-order chi connectivity index (χ0) is 23.7. The number of amides is 1. The van der Waals surface area contributed by atoms with E-state index >= 15 is 0 Å². The molecule has 0 radical (unpaired) electrons. The molecular formula is C26H46ClN3O3. The van der Waals surface area contributed by atoms with Crippen LogP contribution in [0, 0.1) is 0 Å². The number of likely N-dealkylation sites (N-methyl/N-ethyl adjacent to an activating group) is 1. The van der Waals surface area contributed by atoms with Crippen LogP contribution in [0.2, 0.25) is 0 Å². The van der Waals surface area contributed by atoms with Gasteiger partial charge in [-0.05, 0) is 79.3 Å². The highest BCUT2D eigenvalue weighted by Gasteiger charge is 2.33. The van der Waals surface area contributed by atoms with Crippen molar-refractivity contribution in [1.82, 2.24) is 15.1 Å². The molecule has 1 aromatic carbocycles. The van der Waals surface area contributed by atoms with Crippen LogP contribution in [0.5, 0.6) is 11.5 Å². The molecule has 33 heavy (non-hydrogen) atoms. The van der Waals surface area contributed by atoms with Gasteiger partial charge in [0.15, 0.2) is 18.1 Å². The summed E-state index contributed by atoms with van der Waals surface area (Å²) in [5.74, 6) is 1.30. The lowest BCUT2D eigenvalue weighted by molar-refractivity contribution is -0.137. The highest BCUT2D eigenvalue weighted by Crippen LogP contribution is 2.32. The topological polar surface area (TPSA) is 54.0 Å². The molecule has 1 aliphatic rings. The third kappa shape index (κ3) is 8.34. The number of rotatable bonds is 12. The summed E-state index contributed by atoms with van der Waals surface area (Å²) in [4.78, 5) is 16.9. The first-order chi connectivity index (χ1) is 15.2. The molecule has 0 aliphatic heterocycles. The number of carbonyl (C=O) groups excluding carboxylic acids is 1. The van der Waals surface area contributed by atoms with Gasteiger partial charge >= 0.3 is 0 Å². The Morgan fingerprint density at radius 1 is 1.03 bits per heavy atom. The fourth-order valence-electron chi connectivity index (χ4n) is 4.87. The smallest absolute Gasteiger partial charge is 0.260 e. The van der Waals surface area contributed by atoms with Gasteiger partial charge in [-0.1, -0.05) is 25.3 Å². The zero-order valence-electron chi connectivity index (χ0n) is 21.8. The fourth-order valence-corrected chi connectivity index (χ4v) is 4.87. The van der Waals surface area contributed by atoms with E-state index in [1.54, 1.807) is 0 Å². The summed E-state index contributed by atoms with van der Waals surface area (Å²) < 4.78 is 11.7. The molecule has 0 atom stereocenters.